The molecule has 0 aromatic carbocycles. The zero-order chi connectivity index (χ0) is 12.8. The van der Waals surface area contributed by atoms with Gasteiger partial charge in [-0.3, -0.25) is 4.79 Å². The third-order valence-electron chi connectivity index (χ3n) is 3.18. The van der Waals surface area contributed by atoms with E-state index in [1.54, 1.807) is 0 Å². The smallest absolute Gasteiger partial charge is 0.315 e. The molecule has 1 rings (SSSR count). The van der Waals surface area contributed by atoms with Crippen molar-refractivity contribution in [3.8, 4) is 0 Å². The summed E-state index contributed by atoms with van der Waals surface area (Å²) in [6.07, 6.45) is 3.10. The molecule has 1 fully saturated rings. The summed E-state index contributed by atoms with van der Waals surface area (Å²) in [5.41, 5.74) is 0. The molecule has 1 aliphatic carbocycles. The van der Waals surface area contributed by atoms with Crippen LogP contribution in [0.15, 0.2) is 0 Å². The molecular formula is C12H22N2O3. The molecule has 0 aliphatic heterocycles. The van der Waals surface area contributed by atoms with Crippen LogP contribution in [-0.4, -0.2) is 29.7 Å². The predicted molar refractivity (Wildman–Crippen MR) is 64.8 cm³/mol. The molecule has 0 aromatic heterocycles. The lowest BCUT2D eigenvalue weighted by atomic mass is 10.1. The van der Waals surface area contributed by atoms with E-state index in [1.807, 2.05) is 6.92 Å². The van der Waals surface area contributed by atoms with Crippen molar-refractivity contribution in [1.29, 1.82) is 0 Å². The number of carbonyl (C=O) groups is 2. The molecule has 2 atom stereocenters. The Balaban J connectivity index is 2.08. The molecule has 0 spiro atoms. The fourth-order valence-electron chi connectivity index (χ4n) is 1.77. The first-order chi connectivity index (χ1) is 7.99. The molecule has 0 radical (unpaired) electrons. The first-order valence-electron chi connectivity index (χ1n) is 6.25. The Bertz CT molecular complexity index is 277. The van der Waals surface area contributed by atoms with Crippen molar-refractivity contribution in [3.63, 3.8) is 0 Å². The van der Waals surface area contributed by atoms with Gasteiger partial charge in [0.25, 0.3) is 0 Å². The second kappa shape index (κ2) is 6.47. The van der Waals surface area contributed by atoms with Crippen molar-refractivity contribution in [1.82, 2.24) is 10.6 Å². The minimum Gasteiger partial charge on any atom is -0.481 e. The van der Waals surface area contributed by atoms with Gasteiger partial charge in [-0.2, -0.15) is 0 Å². The molecule has 5 heteroatoms. The second-order valence-corrected chi connectivity index (χ2v) is 5.00. The largest absolute Gasteiger partial charge is 0.481 e. The molecule has 1 aliphatic rings. The van der Waals surface area contributed by atoms with E-state index in [0.29, 0.717) is 18.9 Å². The van der Waals surface area contributed by atoms with Crippen LogP contribution < -0.4 is 10.6 Å². The summed E-state index contributed by atoms with van der Waals surface area (Å²) in [5, 5.41) is 14.1. The maximum absolute atomic E-state index is 11.5. The van der Waals surface area contributed by atoms with E-state index in [4.69, 9.17) is 5.11 Å². The number of carboxylic acids is 1. The van der Waals surface area contributed by atoms with Gasteiger partial charge >= 0.3 is 12.0 Å². The third-order valence-corrected chi connectivity index (χ3v) is 3.18. The summed E-state index contributed by atoms with van der Waals surface area (Å²) in [5.74, 6) is 0.483. The van der Waals surface area contributed by atoms with Crippen LogP contribution in [0.5, 0.6) is 0 Å². The summed E-state index contributed by atoms with van der Waals surface area (Å²) in [4.78, 5) is 21.8. The standard InChI is InChI=1S/C12H22N2O3/c1-8(10-4-5-10)7-13-12(17)14-9(2)3-6-11(15)16/h8-10H,3-7H2,1-2H3,(H,15,16)(H2,13,14,17). The maximum atomic E-state index is 11.5. The molecule has 98 valence electrons. The van der Waals surface area contributed by atoms with Crippen LogP contribution >= 0.6 is 0 Å². The van der Waals surface area contributed by atoms with Gasteiger partial charge in [-0.15, -0.1) is 0 Å². The summed E-state index contributed by atoms with van der Waals surface area (Å²) >= 11 is 0. The van der Waals surface area contributed by atoms with Gasteiger partial charge in [-0.25, -0.2) is 4.79 Å². The molecule has 17 heavy (non-hydrogen) atoms. The van der Waals surface area contributed by atoms with Crippen LogP contribution in [0.1, 0.15) is 39.5 Å². The fourth-order valence-corrected chi connectivity index (χ4v) is 1.77. The van der Waals surface area contributed by atoms with Gasteiger partial charge in [-0.1, -0.05) is 6.92 Å². The Morgan fingerprint density at radius 3 is 2.53 bits per heavy atom. The Labute approximate surface area is 102 Å². The van der Waals surface area contributed by atoms with Gasteiger partial charge in [0.1, 0.15) is 0 Å². The van der Waals surface area contributed by atoms with E-state index in [2.05, 4.69) is 17.6 Å². The summed E-state index contributed by atoms with van der Waals surface area (Å²) in [6.45, 7) is 4.65. The van der Waals surface area contributed by atoms with Gasteiger partial charge < -0.3 is 15.7 Å². The Morgan fingerprint density at radius 2 is 2.00 bits per heavy atom. The van der Waals surface area contributed by atoms with Crippen LogP contribution in [0.25, 0.3) is 0 Å². The van der Waals surface area contributed by atoms with E-state index >= 15 is 0 Å². The summed E-state index contributed by atoms with van der Waals surface area (Å²) < 4.78 is 0. The first-order valence-corrected chi connectivity index (χ1v) is 6.25. The normalized spacial score (nSPS) is 18.2. The van der Waals surface area contributed by atoms with Crippen molar-refractivity contribution in [2.45, 2.75) is 45.6 Å². The lowest BCUT2D eigenvalue weighted by Crippen LogP contribution is -2.42. The predicted octanol–water partition coefficient (Wildman–Crippen LogP) is 1.58. The number of carbonyl (C=O) groups excluding carboxylic acids is 1. The van der Waals surface area contributed by atoms with Crippen LogP contribution in [0, 0.1) is 11.8 Å². The monoisotopic (exact) mass is 242 g/mol. The quantitative estimate of drug-likeness (QED) is 0.634. The number of carboxylic acid groups (broad SMARTS) is 1. The van der Waals surface area contributed by atoms with Crippen molar-refractivity contribution < 1.29 is 14.7 Å². The van der Waals surface area contributed by atoms with Crippen LogP contribution in [-0.2, 0) is 4.79 Å². The molecule has 2 amide bonds. The maximum Gasteiger partial charge on any atom is 0.315 e. The van der Waals surface area contributed by atoms with Gasteiger partial charge in [0.05, 0.1) is 0 Å². The Morgan fingerprint density at radius 1 is 1.35 bits per heavy atom. The van der Waals surface area contributed by atoms with Gasteiger partial charge in [0.2, 0.25) is 0 Å². The highest BCUT2D eigenvalue weighted by Gasteiger charge is 2.27. The molecule has 0 bridgehead atoms. The van der Waals surface area contributed by atoms with Crippen molar-refractivity contribution >= 4 is 12.0 Å². The molecule has 0 saturated heterocycles. The van der Waals surface area contributed by atoms with Crippen LogP contribution in [0.4, 0.5) is 4.79 Å². The lowest BCUT2D eigenvalue weighted by molar-refractivity contribution is -0.137. The summed E-state index contributed by atoms with van der Waals surface area (Å²) in [7, 11) is 0. The molecule has 0 aromatic rings. The summed E-state index contributed by atoms with van der Waals surface area (Å²) in [6, 6.07) is -0.308. The zero-order valence-electron chi connectivity index (χ0n) is 10.5. The fraction of sp³-hybridized carbons (Fsp3) is 0.833. The van der Waals surface area contributed by atoms with Crippen LogP contribution in [0.3, 0.4) is 0 Å². The molecule has 0 heterocycles. The zero-order valence-corrected chi connectivity index (χ0v) is 10.5. The highest BCUT2D eigenvalue weighted by Crippen LogP contribution is 2.35. The van der Waals surface area contributed by atoms with E-state index in [0.717, 1.165) is 5.92 Å². The third kappa shape index (κ3) is 6.14. The van der Waals surface area contributed by atoms with E-state index < -0.39 is 5.97 Å². The molecular weight excluding hydrogens is 220 g/mol. The Kier molecular flexibility index (Phi) is 5.25. The first kappa shape index (κ1) is 13.8. The van der Waals surface area contributed by atoms with Gasteiger partial charge in [0, 0.05) is 19.0 Å². The molecule has 3 N–H and O–H groups in total. The highest BCUT2D eigenvalue weighted by molar-refractivity contribution is 5.74. The van der Waals surface area contributed by atoms with Gasteiger partial charge in [0.15, 0.2) is 0 Å². The lowest BCUT2D eigenvalue weighted by Gasteiger charge is -2.16. The number of hydrogen-bond donors (Lipinski definition) is 3. The molecule has 5 nitrogen and oxygen atoms in total. The number of urea groups is 1. The van der Waals surface area contributed by atoms with E-state index in [9.17, 15) is 9.59 Å². The molecule has 1 saturated carbocycles. The molecule has 2 unspecified atom stereocenters. The van der Waals surface area contributed by atoms with Gasteiger partial charge in [-0.05, 0) is 38.0 Å². The minimum absolute atomic E-state index is 0.0833. The van der Waals surface area contributed by atoms with Crippen molar-refractivity contribution in [2.24, 2.45) is 11.8 Å². The SMILES string of the molecule is CC(CCC(=O)O)NC(=O)NCC(C)C1CC1. The van der Waals surface area contributed by atoms with Crippen LogP contribution in [0.2, 0.25) is 0 Å². The second-order valence-electron chi connectivity index (χ2n) is 5.00. The van der Waals surface area contributed by atoms with Crippen molar-refractivity contribution in [2.75, 3.05) is 6.54 Å². The van der Waals surface area contributed by atoms with Crippen molar-refractivity contribution in [3.05, 3.63) is 0 Å². The highest BCUT2D eigenvalue weighted by atomic mass is 16.4. The number of aliphatic carboxylic acids is 1. The van der Waals surface area contributed by atoms with E-state index in [1.165, 1.54) is 12.8 Å². The number of hydrogen-bond acceptors (Lipinski definition) is 2. The number of nitrogens with one attached hydrogen (secondary N) is 2. The number of amides is 2. The minimum atomic E-state index is -0.832. The average Bonchev–Trinajstić information content (AvgIpc) is 3.06. The Hall–Kier alpha value is -1.26. The number of rotatable bonds is 7. The topological polar surface area (TPSA) is 78.4 Å². The average molecular weight is 242 g/mol. The van der Waals surface area contributed by atoms with E-state index in [-0.39, 0.29) is 18.5 Å².